The van der Waals surface area contributed by atoms with Gasteiger partial charge in [0, 0.05) is 40.8 Å². The average molecular weight is 262 g/mol. The third-order valence-electron chi connectivity index (χ3n) is 3.40. The zero-order valence-corrected chi connectivity index (χ0v) is 12.5. The van der Waals surface area contributed by atoms with Crippen LogP contribution in [-0.2, 0) is 13.1 Å². The standard InChI is InChI=1S/C15H22N2S/c1-5-17-8-6-7-14(17)10-16-12(3)15-9-11(2)18-13(15)4/h6-9,12,16H,5,10H2,1-4H3. The second-order valence-electron chi connectivity index (χ2n) is 4.76. The fourth-order valence-electron chi connectivity index (χ4n) is 2.37. The van der Waals surface area contributed by atoms with E-state index >= 15 is 0 Å². The summed E-state index contributed by atoms with van der Waals surface area (Å²) in [4.78, 5) is 2.83. The molecule has 0 saturated carbocycles. The Balaban J connectivity index is 2.00. The van der Waals surface area contributed by atoms with Crippen molar-refractivity contribution >= 4 is 11.3 Å². The number of nitrogens with zero attached hydrogens (tertiary/aromatic N) is 1. The second-order valence-corrected chi connectivity index (χ2v) is 6.22. The summed E-state index contributed by atoms with van der Waals surface area (Å²) in [6.45, 7) is 10.8. The smallest absolute Gasteiger partial charge is 0.0364 e. The monoisotopic (exact) mass is 262 g/mol. The number of hydrogen-bond acceptors (Lipinski definition) is 2. The Morgan fingerprint density at radius 2 is 2.17 bits per heavy atom. The molecule has 2 nitrogen and oxygen atoms in total. The zero-order chi connectivity index (χ0) is 13.1. The number of aromatic nitrogens is 1. The van der Waals surface area contributed by atoms with Crippen molar-refractivity contribution in [2.45, 2.75) is 46.8 Å². The lowest BCUT2D eigenvalue weighted by Gasteiger charge is -2.15. The van der Waals surface area contributed by atoms with Gasteiger partial charge >= 0.3 is 0 Å². The SMILES string of the molecule is CCn1cccc1CNC(C)c1cc(C)sc1C. The van der Waals surface area contributed by atoms with Crippen LogP contribution in [0.2, 0.25) is 0 Å². The molecule has 2 heterocycles. The third kappa shape index (κ3) is 2.85. The van der Waals surface area contributed by atoms with Gasteiger partial charge in [-0.05, 0) is 51.5 Å². The minimum atomic E-state index is 0.412. The minimum Gasteiger partial charge on any atom is -0.351 e. The van der Waals surface area contributed by atoms with Gasteiger partial charge in [0.1, 0.15) is 0 Å². The summed E-state index contributed by atoms with van der Waals surface area (Å²) in [6.07, 6.45) is 2.14. The van der Waals surface area contributed by atoms with Crippen molar-refractivity contribution in [3.8, 4) is 0 Å². The molecule has 0 aromatic carbocycles. The molecule has 0 spiro atoms. The van der Waals surface area contributed by atoms with Crippen molar-refractivity contribution in [3.05, 3.63) is 45.4 Å². The van der Waals surface area contributed by atoms with E-state index in [0.717, 1.165) is 13.1 Å². The number of thiophene rings is 1. The molecule has 2 aromatic rings. The first-order valence-electron chi connectivity index (χ1n) is 6.56. The molecule has 0 aliphatic heterocycles. The van der Waals surface area contributed by atoms with E-state index in [4.69, 9.17) is 0 Å². The molecule has 0 radical (unpaired) electrons. The lowest BCUT2D eigenvalue weighted by atomic mass is 10.1. The van der Waals surface area contributed by atoms with Crippen LogP contribution in [0.15, 0.2) is 24.4 Å². The van der Waals surface area contributed by atoms with Gasteiger partial charge in [-0.1, -0.05) is 0 Å². The molecule has 0 saturated heterocycles. The summed E-state index contributed by atoms with van der Waals surface area (Å²) in [6, 6.07) is 7.02. The summed E-state index contributed by atoms with van der Waals surface area (Å²) in [5.74, 6) is 0. The Morgan fingerprint density at radius 3 is 2.78 bits per heavy atom. The summed E-state index contributed by atoms with van der Waals surface area (Å²) < 4.78 is 2.28. The first-order valence-corrected chi connectivity index (χ1v) is 7.37. The van der Waals surface area contributed by atoms with E-state index in [9.17, 15) is 0 Å². The molecule has 1 unspecified atom stereocenters. The quantitative estimate of drug-likeness (QED) is 0.860. The Kier molecular flexibility index (Phi) is 4.25. The molecule has 1 N–H and O–H groups in total. The lowest BCUT2D eigenvalue weighted by Crippen LogP contribution is -2.20. The number of nitrogens with one attached hydrogen (secondary N) is 1. The molecule has 18 heavy (non-hydrogen) atoms. The van der Waals surface area contributed by atoms with Crippen molar-refractivity contribution in [1.82, 2.24) is 9.88 Å². The number of aryl methyl sites for hydroxylation is 3. The molecule has 0 amide bonds. The fourth-order valence-corrected chi connectivity index (χ4v) is 3.39. The van der Waals surface area contributed by atoms with Gasteiger partial charge in [-0.2, -0.15) is 0 Å². The lowest BCUT2D eigenvalue weighted by molar-refractivity contribution is 0.549. The zero-order valence-electron chi connectivity index (χ0n) is 11.7. The summed E-state index contributed by atoms with van der Waals surface area (Å²) in [5.41, 5.74) is 2.79. The Bertz CT molecular complexity index is 510. The van der Waals surface area contributed by atoms with Crippen molar-refractivity contribution in [2.75, 3.05) is 0 Å². The maximum absolute atomic E-state index is 3.62. The van der Waals surface area contributed by atoms with Gasteiger partial charge in [0.25, 0.3) is 0 Å². The third-order valence-corrected chi connectivity index (χ3v) is 4.38. The van der Waals surface area contributed by atoms with Crippen LogP contribution in [0.25, 0.3) is 0 Å². The van der Waals surface area contributed by atoms with Gasteiger partial charge in [-0.25, -0.2) is 0 Å². The van der Waals surface area contributed by atoms with E-state index in [0.29, 0.717) is 6.04 Å². The summed E-state index contributed by atoms with van der Waals surface area (Å²) in [5, 5.41) is 3.62. The van der Waals surface area contributed by atoms with Crippen LogP contribution in [0.1, 0.15) is 40.9 Å². The molecule has 0 aliphatic carbocycles. The van der Waals surface area contributed by atoms with Gasteiger partial charge in [-0.3, -0.25) is 0 Å². The molecule has 0 aliphatic rings. The van der Waals surface area contributed by atoms with Gasteiger partial charge in [0.2, 0.25) is 0 Å². The molecule has 2 rings (SSSR count). The van der Waals surface area contributed by atoms with E-state index in [-0.39, 0.29) is 0 Å². The number of hydrogen-bond donors (Lipinski definition) is 1. The highest BCUT2D eigenvalue weighted by Gasteiger charge is 2.11. The Hall–Kier alpha value is -1.06. The molecular weight excluding hydrogens is 240 g/mol. The highest BCUT2D eigenvalue weighted by molar-refractivity contribution is 7.12. The normalized spacial score (nSPS) is 12.9. The van der Waals surface area contributed by atoms with E-state index in [1.165, 1.54) is 21.0 Å². The van der Waals surface area contributed by atoms with Crippen LogP contribution < -0.4 is 5.32 Å². The maximum Gasteiger partial charge on any atom is 0.0364 e. The maximum atomic E-state index is 3.62. The van der Waals surface area contributed by atoms with Crippen molar-refractivity contribution in [3.63, 3.8) is 0 Å². The first-order chi connectivity index (χ1) is 8.61. The largest absolute Gasteiger partial charge is 0.351 e. The molecule has 98 valence electrons. The first kappa shape index (κ1) is 13.4. The highest BCUT2D eigenvalue weighted by Crippen LogP contribution is 2.26. The van der Waals surface area contributed by atoms with E-state index in [1.54, 1.807) is 0 Å². The van der Waals surface area contributed by atoms with Gasteiger partial charge < -0.3 is 9.88 Å². The fraction of sp³-hybridized carbons (Fsp3) is 0.467. The van der Waals surface area contributed by atoms with Gasteiger partial charge in [0.15, 0.2) is 0 Å². The van der Waals surface area contributed by atoms with Crippen LogP contribution in [0.4, 0.5) is 0 Å². The van der Waals surface area contributed by atoms with Crippen molar-refractivity contribution in [2.24, 2.45) is 0 Å². The van der Waals surface area contributed by atoms with Crippen LogP contribution in [0.3, 0.4) is 0 Å². The van der Waals surface area contributed by atoms with E-state index in [1.807, 2.05) is 11.3 Å². The molecule has 0 fully saturated rings. The van der Waals surface area contributed by atoms with Crippen LogP contribution in [-0.4, -0.2) is 4.57 Å². The van der Waals surface area contributed by atoms with Crippen LogP contribution >= 0.6 is 11.3 Å². The van der Waals surface area contributed by atoms with Crippen LogP contribution in [0.5, 0.6) is 0 Å². The van der Waals surface area contributed by atoms with Crippen molar-refractivity contribution < 1.29 is 0 Å². The Morgan fingerprint density at radius 1 is 1.39 bits per heavy atom. The Labute approximate surface area is 114 Å². The van der Waals surface area contributed by atoms with E-state index in [2.05, 4.69) is 62.0 Å². The highest BCUT2D eigenvalue weighted by atomic mass is 32.1. The average Bonchev–Trinajstić information content (AvgIpc) is 2.92. The van der Waals surface area contributed by atoms with Crippen molar-refractivity contribution in [1.29, 1.82) is 0 Å². The predicted octanol–water partition coefficient (Wildman–Crippen LogP) is 4.04. The minimum absolute atomic E-state index is 0.412. The predicted molar refractivity (Wildman–Crippen MR) is 79.2 cm³/mol. The number of rotatable bonds is 5. The summed E-state index contributed by atoms with van der Waals surface area (Å²) >= 11 is 1.88. The molecule has 0 bridgehead atoms. The molecule has 3 heteroatoms. The molecular formula is C15H22N2S. The topological polar surface area (TPSA) is 17.0 Å². The molecule has 2 aromatic heterocycles. The second kappa shape index (κ2) is 5.72. The van der Waals surface area contributed by atoms with E-state index < -0.39 is 0 Å². The van der Waals surface area contributed by atoms with Gasteiger partial charge in [0.05, 0.1) is 0 Å². The molecule has 1 atom stereocenters. The van der Waals surface area contributed by atoms with Crippen LogP contribution in [0, 0.1) is 13.8 Å². The van der Waals surface area contributed by atoms with Gasteiger partial charge in [-0.15, -0.1) is 11.3 Å². The summed E-state index contributed by atoms with van der Waals surface area (Å²) in [7, 11) is 0.